The van der Waals surface area contributed by atoms with Crippen LogP contribution < -0.4 is 0 Å². The minimum absolute atomic E-state index is 0.121. The summed E-state index contributed by atoms with van der Waals surface area (Å²) in [6.07, 6.45) is 80.1. The topological polar surface area (TPSA) is 78.9 Å². The van der Waals surface area contributed by atoms with E-state index in [0.29, 0.717) is 19.3 Å². The Morgan fingerprint density at radius 1 is 0.300 bits per heavy atom. The predicted octanol–water partition coefficient (Wildman–Crippen LogP) is 19.0. The molecule has 6 nitrogen and oxygen atoms in total. The molecule has 0 aromatic rings. The van der Waals surface area contributed by atoms with Crippen LogP contribution in [-0.2, 0) is 28.6 Å². The lowest BCUT2D eigenvalue weighted by molar-refractivity contribution is -0.167. The molecule has 0 bridgehead atoms. The van der Waals surface area contributed by atoms with Gasteiger partial charge >= 0.3 is 17.9 Å². The first-order chi connectivity index (χ1) is 34.5. The van der Waals surface area contributed by atoms with Gasteiger partial charge in [-0.1, -0.05) is 219 Å². The van der Waals surface area contributed by atoms with Gasteiger partial charge in [0.25, 0.3) is 0 Å². The zero-order valence-electron chi connectivity index (χ0n) is 45.0. The molecule has 1 atom stereocenters. The summed E-state index contributed by atoms with van der Waals surface area (Å²) in [6, 6.07) is 0. The van der Waals surface area contributed by atoms with Gasteiger partial charge in [0.05, 0.1) is 0 Å². The monoisotopic (exact) mass is 967 g/mol. The Hall–Kier alpha value is -4.45. The van der Waals surface area contributed by atoms with Crippen molar-refractivity contribution in [3.63, 3.8) is 0 Å². The maximum atomic E-state index is 12.8. The van der Waals surface area contributed by atoms with Gasteiger partial charge in [0.15, 0.2) is 6.10 Å². The van der Waals surface area contributed by atoms with E-state index >= 15 is 0 Å². The van der Waals surface area contributed by atoms with Crippen LogP contribution in [0.5, 0.6) is 0 Å². The van der Waals surface area contributed by atoms with E-state index in [-0.39, 0.29) is 37.5 Å². The van der Waals surface area contributed by atoms with Gasteiger partial charge in [-0.15, -0.1) is 0 Å². The number of carbonyl (C=O) groups excluding carboxylic acids is 3. The molecule has 0 saturated heterocycles. The molecule has 0 radical (unpaired) electrons. The Balaban J connectivity index is 4.56. The lowest BCUT2D eigenvalue weighted by Crippen LogP contribution is -2.30. The lowest BCUT2D eigenvalue weighted by Gasteiger charge is -2.18. The van der Waals surface area contributed by atoms with Gasteiger partial charge in [0.2, 0.25) is 0 Å². The molecule has 70 heavy (non-hydrogen) atoms. The molecule has 0 aliphatic heterocycles. The van der Waals surface area contributed by atoms with Crippen LogP contribution in [0.4, 0.5) is 0 Å². The molecule has 0 amide bonds. The number of hydrogen-bond acceptors (Lipinski definition) is 6. The predicted molar refractivity (Wildman–Crippen MR) is 302 cm³/mol. The van der Waals surface area contributed by atoms with Crippen LogP contribution in [-0.4, -0.2) is 37.2 Å². The zero-order valence-corrected chi connectivity index (χ0v) is 45.0. The average molecular weight is 968 g/mol. The van der Waals surface area contributed by atoms with Crippen LogP contribution in [0.1, 0.15) is 233 Å². The molecule has 0 aromatic carbocycles. The molecule has 0 heterocycles. The minimum atomic E-state index is -0.829. The van der Waals surface area contributed by atoms with Gasteiger partial charge in [-0.2, -0.15) is 0 Å². The summed E-state index contributed by atoms with van der Waals surface area (Å²) in [6.45, 7) is 6.31. The van der Waals surface area contributed by atoms with Crippen molar-refractivity contribution in [3.8, 4) is 0 Å². The SMILES string of the molecule is CC/C=C\C/C=C\C/C=C\C/C=C\CCCCCCCCC(=O)OCC(COC(=O)CCCCC/C=C\C/C=C\C/C=C\C/C=C\CC)OC(=O)CCC/C=C\C/C=C\C/C=C\CCCCCCCC. The molecule has 6 heteroatoms. The van der Waals surface area contributed by atoms with Crippen molar-refractivity contribution in [2.45, 2.75) is 239 Å². The second kappa shape index (κ2) is 57.1. The number of ether oxygens (including phenoxy) is 3. The van der Waals surface area contributed by atoms with E-state index in [4.69, 9.17) is 14.2 Å². The molecule has 0 saturated carbocycles. The van der Waals surface area contributed by atoms with E-state index in [1.165, 1.54) is 57.8 Å². The maximum absolute atomic E-state index is 12.8. The normalized spacial score (nSPS) is 13.1. The molecule has 1 unspecified atom stereocenters. The van der Waals surface area contributed by atoms with Crippen molar-refractivity contribution in [2.24, 2.45) is 0 Å². The molecular formula is C64H102O6. The molecular weight excluding hydrogens is 865 g/mol. The van der Waals surface area contributed by atoms with Gasteiger partial charge < -0.3 is 14.2 Å². The van der Waals surface area contributed by atoms with Crippen molar-refractivity contribution >= 4 is 17.9 Å². The molecule has 0 aromatic heterocycles. The Bertz CT molecular complexity index is 1530. The Morgan fingerprint density at radius 2 is 0.571 bits per heavy atom. The molecule has 0 aliphatic carbocycles. The largest absolute Gasteiger partial charge is 0.462 e. The first-order valence-electron chi connectivity index (χ1n) is 28.2. The summed E-state index contributed by atoms with van der Waals surface area (Å²) >= 11 is 0. The van der Waals surface area contributed by atoms with Gasteiger partial charge in [0.1, 0.15) is 13.2 Å². The van der Waals surface area contributed by atoms with E-state index < -0.39 is 6.10 Å². The van der Waals surface area contributed by atoms with Crippen LogP contribution in [0, 0.1) is 0 Å². The number of hydrogen-bond donors (Lipinski definition) is 0. The highest BCUT2D eigenvalue weighted by Crippen LogP contribution is 2.12. The smallest absolute Gasteiger partial charge is 0.306 e. The molecule has 0 N–H and O–H groups in total. The van der Waals surface area contributed by atoms with Crippen molar-refractivity contribution in [1.29, 1.82) is 0 Å². The molecule has 0 spiro atoms. The summed E-state index contributed by atoms with van der Waals surface area (Å²) in [7, 11) is 0. The van der Waals surface area contributed by atoms with Crippen LogP contribution >= 0.6 is 0 Å². The lowest BCUT2D eigenvalue weighted by atomic mass is 10.1. The third-order valence-electron chi connectivity index (χ3n) is 11.4. The fraction of sp³-hybridized carbons (Fsp3) is 0.609. The third kappa shape index (κ3) is 54.5. The number of esters is 3. The third-order valence-corrected chi connectivity index (χ3v) is 11.4. The first-order valence-corrected chi connectivity index (χ1v) is 28.2. The second-order valence-electron chi connectivity index (χ2n) is 18.1. The highest BCUT2D eigenvalue weighted by Gasteiger charge is 2.19. The summed E-state index contributed by atoms with van der Waals surface area (Å²) in [4.78, 5) is 38.1. The fourth-order valence-electron chi connectivity index (χ4n) is 7.20. The van der Waals surface area contributed by atoms with Crippen LogP contribution in [0.3, 0.4) is 0 Å². The maximum Gasteiger partial charge on any atom is 0.306 e. The van der Waals surface area contributed by atoms with Gasteiger partial charge in [-0.05, 0) is 128 Å². The number of carbonyl (C=O) groups is 3. The fourth-order valence-corrected chi connectivity index (χ4v) is 7.20. The van der Waals surface area contributed by atoms with Crippen LogP contribution in [0.25, 0.3) is 0 Å². The highest BCUT2D eigenvalue weighted by atomic mass is 16.6. The van der Waals surface area contributed by atoms with E-state index in [2.05, 4.69) is 154 Å². The number of rotatable bonds is 49. The molecule has 394 valence electrons. The average Bonchev–Trinajstić information content (AvgIpc) is 3.36. The Kier molecular flexibility index (Phi) is 53.5. The van der Waals surface area contributed by atoms with Crippen LogP contribution in [0.15, 0.2) is 134 Å². The molecule has 0 fully saturated rings. The standard InChI is InChI=1S/C64H102O6/c1-4-7-10-13-16-19-22-25-28-31-32-34-36-39-42-45-48-51-54-57-63(66)69-60-61(59-68-62(65)56-53-50-47-44-41-38-35-30-27-24-21-18-15-12-9-6-3)70-64(67)58-55-52-49-46-43-40-37-33-29-26-23-20-17-14-11-8-5-2/h7,9-10,12,16,18-19,21,25-30,32,34,37-38,40-41,46,49,61H,4-6,8,11,13-15,17,20,22-24,31,33,35-36,39,42-45,47-48,50-60H2,1-3H3/b10-7-,12-9-,19-16-,21-18-,28-25-,29-26-,30-27-,34-32-,40-37-,41-38-,49-46-. The summed E-state index contributed by atoms with van der Waals surface area (Å²) < 4.78 is 16.8. The summed E-state index contributed by atoms with van der Waals surface area (Å²) in [5.74, 6) is -1.02. The van der Waals surface area contributed by atoms with Gasteiger partial charge in [-0.3, -0.25) is 14.4 Å². The first kappa shape index (κ1) is 65.5. The van der Waals surface area contributed by atoms with Crippen molar-refractivity contribution in [1.82, 2.24) is 0 Å². The highest BCUT2D eigenvalue weighted by molar-refractivity contribution is 5.71. The van der Waals surface area contributed by atoms with E-state index in [1.807, 2.05) is 0 Å². The Labute approximate surface area is 430 Å². The quantitative estimate of drug-likeness (QED) is 0.0262. The van der Waals surface area contributed by atoms with Crippen molar-refractivity contribution in [2.75, 3.05) is 13.2 Å². The molecule has 0 rings (SSSR count). The number of unbranched alkanes of at least 4 members (excludes halogenated alkanes) is 16. The van der Waals surface area contributed by atoms with E-state index in [1.54, 1.807) is 0 Å². The minimum Gasteiger partial charge on any atom is -0.462 e. The summed E-state index contributed by atoms with van der Waals surface area (Å²) in [5.41, 5.74) is 0. The van der Waals surface area contributed by atoms with Crippen LogP contribution in [0.2, 0.25) is 0 Å². The molecule has 0 aliphatic rings. The van der Waals surface area contributed by atoms with Gasteiger partial charge in [0, 0.05) is 19.3 Å². The number of allylic oxidation sites excluding steroid dienone is 22. The Morgan fingerprint density at radius 3 is 0.929 bits per heavy atom. The van der Waals surface area contributed by atoms with Crippen molar-refractivity contribution in [3.05, 3.63) is 134 Å². The van der Waals surface area contributed by atoms with Crippen molar-refractivity contribution < 1.29 is 28.6 Å². The summed E-state index contributed by atoms with van der Waals surface area (Å²) in [5, 5.41) is 0. The van der Waals surface area contributed by atoms with Gasteiger partial charge in [-0.25, -0.2) is 0 Å². The van der Waals surface area contributed by atoms with E-state index in [9.17, 15) is 14.4 Å². The van der Waals surface area contributed by atoms with E-state index in [0.717, 1.165) is 128 Å². The second-order valence-corrected chi connectivity index (χ2v) is 18.1. The zero-order chi connectivity index (χ0) is 50.7.